The monoisotopic (exact) mass is 357 g/mol. The van der Waals surface area contributed by atoms with Crippen LogP contribution < -0.4 is 15.8 Å². The number of likely N-dealkylation sites (N-methyl/N-ethyl adjacent to an activating group) is 1. The Morgan fingerprint density at radius 1 is 1.28 bits per heavy atom. The highest BCUT2D eigenvalue weighted by atomic mass is 32.1. The number of carbonyl (C=O) groups is 1. The van der Waals surface area contributed by atoms with Gasteiger partial charge >= 0.3 is 0 Å². The number of fused-ring (bicyclic) bond motifs is 1. The van der Waals surface area contributed by atoms with Crippen molar-refractivity contribution in [2.75, 3.05) is 20.6 Å². The lowest BCUT2D eigenvalue weighted by molar-refractivity contribution is -0.890. The third kappa shape index (κ3) is 3.94. The van der Waals surface area contributed by atoms with Gasteiger partial charge in [0, 0.05) is 0 Å². The topological polar surface area (TPSA) is 68.4 Å². The van der Waals surface area contributed by atoms with Gasteiger partial charge in [-0.05, 0) is 23.6 Å². The van der Waals surface area contributed by atoms with E-state index < -0.39 is 0 Å². The molecule has 130 valence electrons. The molecule has 25 heavy (non-hydrogen) atoms. The Balaban J connectivity index is 1.68. The van der Waals surface area contributed by atoms with Crippen LogP contribution in [0.25, 0.3) is 10.9 Å². The van der Waals surface area contributed by atoms with Crippen LogP contribution in [0.3, 0.4) is 0 Å². The number of quaternary nitrogens is 1. The van der Waals surface area contributed by atoms with Gasteiger partial charge < -0.3 is 10.2 Å². The van der Waals surface area contributed by atoms with Crippen molar-refractivity contribution in [1.29, 1.82) is 0 Å². The van der Waals surface area contributed by atoms with Crippen LogP contribution in [-0.4, -0.2) is 36.1 Å². The summed E-state index contributed by atoms with van der Waals surface area (Å²) in [5, 5.41) is 5.49. The maximum absolute atomic E-state index is 12.4. The molecule has 3 aromatic rings. The van der Waals surface area contributed by atoms with Crippen molar-refractivity contribution >= 4 is 28.1 Å². The summed E-state index contributed by atoms with van der Waals surface area (Å²) in [6, 6.07) is 11.4. The lowest BCUT2D eigenvalue weighted by Gasteiger charge is -2.20. The Morgan fingerprint density at radius 3 is 2.80 bits per heavy atom. The minimum absolute atomic E-state index is 0.0312. The molecule has 6 nitrogen and oxygen atoms in total. The molecule has 0 fully saturated rings. The van der Waals surface area contributed by atoms with E-state index in [9.17, 15) is 9.59 Å². The molecular formula is C18H21N4O2S+. The number of hydrogen-bond acceptors (Lipinski definition) is 4. The van der Waals surface area contributed by atoms with Gasteiger partial charge in [0.2, 0.25) is 5.91 Å². The Kier molecular flexibility index (Phi) is 5.25. The molecule has 0 saturated carbocycles. The Labute approximate surface area is 149 Å². The van der Waals surface area contributed by atoms with Gasteiger partial charge in [-0.1, -0.05) is 18.2 Å². The van der Waals surface area contributed by atoms with Gasteiger partial charge in [0.25, 0.3) is 5.56 Å². The van der Waals surface area contributed by atoms with E-state index in [1.54, 1.807) is 29.5 Å². The predicted molar refractivity (Wildman–Crippen MR) is 98.9 cm³/mol. The van der Waals surface area contributed by atoms with Crippen LogP contribution in [0.4, 0.5) is 0 Å². The SMILES string of the molecule is C[NH+](C)[C@@H](CNC(=O)Cn1cnc2ccccc2c1=O)c1cccs1. The number of amides is 1. The second-order valence-electron chi connectivity index (χ2n) is 6.14. The van der Waals surface area contributed by atoms with Crippen LogP contribution in [0.5, 0.6) is 0 Å². The Bertz CT molecular complexity index is 918. The highest BCUT2D eigenvalue weighted by Gasteiger charge is 2.19. The molecule has 0 saturated heterocycles. The molecule has 1 aromatic carbocycles. The highest BCUT2D eigenvalue weighted by molar-refractivity contribution is 7.10. The number of carbonyl (C=O) groups excluding carboxylic acids is 1. The van der Waals surface area contributed by atoms with Crippen LogP contribution >= 0.6 is 11.3 Å². The molecular weight excluding hydrogens is 336 g/mol. The van der Waals surface area contributed by atoms with Crippen molar-refractivity contribution in [3.63, 3.8) is 0 Å². The van der Waals surface area contributed by atoms with Gasteiger partial charge in [-0.25, -0.2) is 4.98 Å². The number of rotatable bonds is 6. The van der Waals surface area contributed by atoms with E-state index in [0.29, 0.717) is 17.4 Å². The lowest BCUT2D eigenvalue weighted by Crippen LogP contribution is -3.06. The molecule has 1 amide bonds. The van der Waals surface area contributed by atoms with Gasteiger partial charge in [-0.2, -0.15) is 0 Å². The first kappa shape index (κ1) is 17.3. The van der Waals surface area contributed by atoms with Crippen LogP contribution in [0.15, 0.2) is 52.9 Å². The first-order valence-corrected chi connectivity index (χ1v) is 8.98. The zero-order chi connectivity index (χ0) is 17.8. The first-order chi connectivity index (χ1) is 12.1. The van der Waals surface area contributed by atoms with Crippen LogP contribution in [0.2, 0.25) is 0 Å². The fourth-order valence-corrected chi connectivity index (χ4v) is 3.68. The van der Waals surface area contributed by atoms with Crippen LogP contribution in [-0.2, 0) is 11.3 Å². The maximum Gasteiger partial charge on any atom is 0.261 e. The number of nitrogens with one attached hydrogen (secondary N) is 2. The van der Waals surface area contributed by atoms with E-state index >= 15 is 0 Å². The summed E-state index contributed by atoms with van der Waals surface area (Å²) >= 11 is 1.68. The molecule has 0 bridgehead atoms. The van der Waals surface area contributed by atoms with E-state index in [0.717, 1.165) is 0 Å². The van der Waals surface area contributed by atoms with Crippen LogP contribution in [0, 0.1) is 0 Å². The average molecular weight is 357 g/mol. The maximum atomic E-state index is 12.4. The van der Waals surface area contributed by atoms with E-state index in [-0.39, 0.29) is 24.1 Å². The normalized spacial score (nSPS) is 12.4. The number of thiophene rings is 1. The summed E-state index contributed by atoms with van der Waals surface area (Å²) in [7, 11) is 4.13. The quantitative estimate of drug-likeness (QED) is 0.674. The predicted octanol–water partition coefficient (Wildman–Crippen LogP) is 0.460. The van der Waals surface area contributed by atoms with Crippen molar-refractivity contribution < 1.29 is 9.69 Å². The molecule has 0 aliphatic heterocycles. The minimum atomic E-state index is -0.200. The smallest absolute Gasteiger partial charge is 0.261 e. The Hall–Kier alpha value is -2.51. The largest absolute Gasteiger partial charge is 0.348 e. The zero-order valence-electron chi connectivity index (χ0n) is 14.2. The van der Waals surface area contributed by atoms with Crippen LogP contribution in [0.1, 0.15) is 10.9 Å². The molecule has 0 aliphatic carbocycles. The van der Waals surface area contributed by atoms with Crippen molar-refractivity contribution in [1.82, 2.24) is 14.9 Å². The number of benzene rings is 1. The number of hydrogen-bond donors (Lipinski definition) is 2. The van der Waals surface area contributed by atoms with E-state index in [4.69, 9.17) is 0 Å². The van der Waals surface area contributed by atoms with E-state index in [2.05, 4.69) is 30.5 Å². The minimum Gasteiger partial charge on any atom is -0.348 e. The summed E-state index contributed by atoms with van der Waals surface area (Å²) in [5.74, 6) is -0.193. The molecule has 7 heteroatoms. The number of aromatic nitrogens is 2. The van der Waals surface area contributed by atoms with Crippen molar-refractivity contribution in [3.8, 4) is 0 Å². The summed E-state index contributed by atoms with van der Waals surface area (Å²) in [6.45, 7) is 0.494. The van der Waals surface area contributed by atoms with Crippen molar-refractivity contribution in [3.05, 3.63) is 63.3 Å². The zero-order valence-corrected chi connectivity index (χ0v) is 15.0. The average Bonchev–Trinajstić information content (AvgIpc) is 3.12. The molecule has 2 N–H and O–H groups in total. The number of para-hydroxylation sites is 1. The summed E-state index contributed by atoms with van der Waals surface area (Å²) < 4.78 is 1.35. The van der Waals surface area contributed by atoms with Gasteiger partial charge in [0.1, 0.15) is 12.6 Å². The van der Waals surface area contributed by atoms with Gasteiger partial charge in [0.05, 0.1) is 42.7 Å². The molecule has 2 heterocycles. The van der Waals surface area contributed by atoms with Crippen molar-refractivity contribution in [2.45, 2.75) is 12.6 Å². The standard InChI is InChI=1S/C18H20N4O2S/c1-21(2)15(16-8-5-9-25-16)10-19-17(23)11-22-12-20-14-7-4-3-6-13(14)18(22)24/h3-9,12,15H,10-11H2,1-2H3,(H,19,23)/p+1/t15-/m0/s1. The summed E-state index contributed by atoms with van der Waals surface area (Å²) in [4.78, 5) is 31.4. The molecule has 0 aliphatic rings. The fraction of sp³-hybridized carbons (Fsp3) is 0.278. The first-order valence-electron chi connectivity index (χ1n) is 8.10. The third-order valence-corrected chi connectivity index (χ3v) is 5.12. The second kappa shape index (κ2) is 7.58. The third-order valence-electron chi connectivity index (χ3n) is 4.13. The number of nitrogens with zero attached hydrogens (tertiary/aromatic N) is 2. The molecule has 0 radical (unpaired) electrons. The molecule has 1 atom stereocenters. The molecule has 2 aromatic heterocycles. The Morgan fingerprint density at radius 2 is 2.08 bits per heavy atom. The fourth-order valence-electron chi connectivity index (χ4n) is 2.72. The summed E-state index contributed by atoms with van der Waals surface area (Å²) in [5.41, 5.74) is 0.437. The van der Waals surface area contributed by atoms with Gasteiger partial charge in [-0.3, -0.25) is 14.2 Å². The van der Waals surface area contributed by atoms with E-state index in [1.165, 1.54) is 20.7 Å². The molecule has 0 unspecified atom stereocenters. The van der Waals surface area contributed by atoms with Gasteiger partial charge in [0.15, 0.2) is 0 Å². The summed E-state index contributed by atoms with van der Waals surface area (Å²) in [6.07, 6.45) is 1.43. The molecule has 3 rings (SSSR count). The van der Waals surface area contributed by atoms with E-state index in [1.807, 2.05) is 17.5 Å². The van der Waals surface area contributed by atoms with Crippen molar-refractivity contribution in [2.24, 2.45) is 0 Å². The lowest BCUT2D eigenvalue weighted by atomic mass is 10.2. The second-order valence-corrected chi connectivity index (χ2v) is 7.12. The highest BCUT2D eigenvalue weighted by Crippen LogP contribution is 2.15. The van der Waals surface area contributed by atoms with Gasteiger partial charge in [-0.15, -0.1) is 11.3 Å². The molecule has 0 spiro atoms.